The van der Waals surface area contributed by atoms with Crippen LogP contribution in [-0.4, -0.2) is 30.6 Å². The number of hydrogen-bond donors (Lipinski definition) is 2. The Kier molecular flexibility index (Phi) is 6.72. The fraction of sp³-hybridized carbons (Fsp3) is 0.400. The van der Waals surface area contributed by atoms with Crippen molar-refractivity contribution >= 4 is 23.4 Å². The van der Waals surface area contributed by atoms with E-state index in [0.717, 1.165) is 47.6 Å². The van der Waals surface area contributed by atoms with E-state index in [4.69, 9.17) is 16.6 Å². The topological polar surface area (TPSA) is 52.6 Å². The highest BCUT2D eigenvalue weighted by molar-refractivity contribution is 6.31. The number of guanidine groups is 1. The maximum absolute atomic E-state index is 6.23. The third-order valence-corrected chi connectivity index (χ3v) is 4.78. The van der Waals surface area contributed by atoms with Gasteiger partial charge in [0.25, 0.3) is 0 Å². The lowest BCUT2D eigenvalue weighted by Crippen LogP contribution is -2.36. The summed E-state index contributed by atoms with van der Waals surface area (Å²) in [6.45, 7) is 6.32. The highest BCUT2D eigenvalue weighted by atomic mass is 35.5. The first-order valence-electron chi connectivity index (χ1n) is 9.21. The molecule has 2 heterocycles. The first-order chi connectivity index (χ1) is 12.8. The Morgan fingerprint density at radius 2 is 2.00 bits per heavy atom. The van der Waals surface area contributed by atoms with Crippen molar-refractivity contribution in [3.8, 4) is 0 Å². The van der Waals surface area contributed by atoms with Crippen LogP contribution in [-0.2, 0) is 13.1 Å². The lowest BCUT2D eigenvalue weighted by molar-refractivity contribution is 0.815. The van der Waals surface area contributed by atoms with Crippen LogP contribution in [0.1, 0.15) is 30.9 Å². The van der Waals surface area contributed by atoms with Crippen LogP contribution < -0.4 is 15.5 Å². The Bertz CT molecular complexity index is 740. The predicted octanol–water partition coefficient (Wildman–Crippen LogP) is 3.59. The van der Waals surface area contributed by atoms with Gasteiger partial charge in [0.05, 0.1) is 6.54 Å². The molecule has 1 aliphatic rings. The molecule has 0 bridgehead atoms. The fourth-order valence-electron chi connectivity index (χ4n) is 3.01. The average Bonchev–Trinajstić information content (AvgIpc) is 3.20. The zero-order chi connectivity index (χ0) is 18.2. The Balaban J connectivity index is 1.63. The van der Waals surface area contributed by atoms with E-state index in [0.29, 0.717) is 13.1 Å². The minimum absolute atomic E-state index is 0.612. The van der Waals surface area contributed by atoms with Crippen LogP contribution in [0.15, 0.2) is 47.6 Å². The van der Waals surface area contributed by atoms with Gasteiger partial charge in [-0.05, 0) is 49.1 Å². The van der Waals surface area contributed by atoms with Crippen molar-refractivity contribution in [1.29, 1.82) is 0 Å². The van der Waals surface area contributed by atoms with Crippen LogP contribution in [0.3, 0.4) is 0 Å². The molecule has 2 N–H and O–H groups in total. The summed E-state index contributed by atoms with van der Waals surface area (Å²) in [4.78, 5) is 11.5. The first kappa shape index (κ1) is 18.5. The standard InChI is InChI=1S/C20H26ClN5/c1-2-22-20(25-15-17-7-3-4-8-18(17)21)24-14-16-9-10-23-19(13-16)26-11-5-6-12-26/h3-4,7-10,13H,2,5-6,11-12,14-15H2,1H3,(H2,22,24,25). The third kappa shape index (κ3) is 5.11. The van der Waals surface area contributed by atoms with E-state index in [1.165, 1.54) is 12.8 Å². The number of nitrogens with one attached hydrogen (secondary N) is 2. The molecule has 6 heteroatoms. The highest BCUT2D eigenvalue weighted by Gasteiger charge is 2.13. The number of aliphatic imine (C=N–C) groups is 1. The van der Waals surface area contributed by atoms with Gasteiger partial charge in [-0.2, -0.15) is 0 Å². The Morgan fingerprint density at radius 1 is 1.19 bits per heavy atom. The molecular weight excluding hydrogens is 346 g/mol. The average molecular weight is 372 g/mol. The maximum atomic E-state index is 6.23. The van der Waals surface area contributed by atoms with Gasteiger partial charge in [0, 0.05) is 37.4 Å². The summed E-state index contributed by atoms with van der Waals surface area (Å²) in [5.74, 6) is 1.84. The molecule has 0 spiro atoms. The van der Waals surface area contributed by atoms with E-state index < -0.39 is 0 Å². The van der Waals surface area contributed by atoms with E-state index >= 15 is 0 Å². The van der Waals surface area contributed by atoms with Crippen molar-refractivity contribution in [2.75, 3.05) is 24.5 Å². The molecule has 2 aromatic rings. The van der Waals surface area contributed by atoms with Gasteiger partial charge in [-0.3, -0.25) is 0 Å². The Hall–Kier alpha value is -2.27. The number of anilines is 1. The van der Waals surface area contributed by atoms with E-state index in [2.05, 4.69) is 33.5 Å². The molecule has 0 amide bonds. The van der Waals surface area contributed by atoms with Crippen LogP contribution in [0, 0.1) is 0 Å². The van der Waals surface area contributed by atoms with Crippen molar-refractivity contribution in [3.05, 3.63) is 58.7 Å². The van der Waals surface area contributed by atoms with E-state index in [1.54, 1.807) is 0 Å². The SMILES string of the molecule is CCNC(=NCc1ccnc(N2CCCC2)c1)NCc1ccccc1Cl. The Labute approximate surface area is 160 Å². The number of nitrogens with zero attached hydrogens (tertiary/aromatic N) is 3. The molecule has 1 aliphatic heterocycles. The predicted molar refractivity (Wildman–Crippen MR) is 109 cm³/mol. The molecule has 1 aromatic carbocycles. The van der Waals surface area contributed by atoms with Gasteiger partial charge in [-0.1, -0.05) is 29.8 Å². The molecular formula is C20H26ClN5. The highest BCUT2D eigenvalue weighted by Crippen LogP contribution is 2.19. The van der Waals surface area contributed by atoms with Gasteiger partial charge in [0.2, 0.25) is 0 Å². The summed E-state index contributed by atoms with van der Waals surface area (Å²) in [5, 5.41) is 7.39. The first-order valence-corrected chi connectivity index (χ1v) is 9.59. The zero-order valence-electron chi connectivity index (χ0n) is 15.2. The molecule has 0 saturated carbocycles. The van der Waals surface area contributed by atoms with Gasteiger partial charge in [-0.15, -0.1) is 0 Å². The molecule has 1 saturated heterocycles. The molecule has 0 aliphatic carbocycles. The van der Waals surface area contributed by atoms with Crippen LogP contribution in [0.25, 0.3) is 0 Å². The number of benzene rings is 1. The normalized spacial score (nSPS) is 14.5. The number of halogens is 1. The smallest absolute Gasteiger partial charge is 0.191 e. The van der Waals surface area contributed by atoms with E-state index in [1.807, 2.05) is 36.5 Å². The second-order valence-corrected chi connectivity index (χ2v) is 6.76. The summed E-state index contributed by atoms with van der Waals surface area (Å²) in [6, 6.07) is 12.0. The maximum Gasteiger partial charge on any atom is 0.191 e. The second-order valence-electron chi connectivity index (χ2n) is 6.36. The molecule has 26 heavy (non-hydrogen) atoms. The van der Waals surface area contributed by atoms with Gasteiger partial charge in [0.15, 0.2) is 5.96 Å². The van der Waals surface area contributed by atoms with E-state index in [-0.39, 0.29) is 0 Å². The minimum Gasteiger partial charge on any atom is -0.357 e. The monoisotopic (exact) mass is 371 g/mol. The van der Waals surface area contributed by atoms with Crippen LogP contribution in [0.4, 0.5) is 5.82 Å². The number of pyridine rings is 1. The minimum atomic E-state index is 0.612. The number of aromatic nitrogens is 1. The number of hydrogen-bond acceptors (Lipinski definition) is 3. The Morgan fingerprint density at radius 3 is 2.77 bits per heavy atom. The molecule has 0 radical (unpaired) electrons. The molecule has 0 atom stereocenters. The summed E-state index contributed by atoms with van der Waals surface area (Å²) in [7, 11) is 0. The van der Waals surface area contributed by atoms with E-state index in [9.17, 15) is 0 Å². The summed E-state index contributed by atoms with van der Waals surface area (Å²) >= 11 is 6.23. The molecule has 3 rings (SSSR count). The molecule has 5 nitrogen and oxygen atoms in total. The zero-order valence-corrected chi connectivity index (χ0v) is 16.0. The molecule has 0 unspecified atom stereocenters. The molecule has 1 aromatic heterocycles. The van der Waals surface area contributed by atoms with Crippen molar-refractivity contribution in [2.24, 2.45) is 4.99 Å². The lowest BCUT2D eigenvalue weighted by atomic mass is 10.2. The van der Waals surface area contributed by atoms with Crippen molar-refractivity contribution in [1.82, 2.24) is 15.6 Å². The quantitative estimate of drug-likeness (QED) is 0.602. The second kappa shape index (κ2) is 9.43. The van der Waals surface area contributed by atoms with Gasteiger partial charge in [-0.25, -0.2) is 9.98 Å². The van der Waals surface area contributed by atoms with Gasteiger partial charge < -0.3 is 15.5 Å². The van der Waals surface area contributed by atoms with Crippen LogP contribution in [0.5, 0.6) is 0 Å². The van der Waals surface area contributed by atoms with Crippen molar-refractivity contribution in [3.63, 3.8) is 0 Å². The lowest BCUT2D eigenvalue weighted by Gasteiger charge is -2.16. The van der Waals surface area contributed by atoms with Crippen molar-refractivity contribution < 1.29 is 0 Å². The van der Waals surface area contributed by atoms with Gasteiger partial charge in [0.1, 0.15) is 5.82 Å². The summed E-state index contributed by atoms with van der Waals surface area (Å²) < 4.78 is 0. The summed E-state index contributed by atoms with van der Waals surface area (Å²) in [5.41, 5.74) is 2.22. The summed E-state index contributed by atoms with van der Waals surface area (Å²) in [6.07, 6.45) is 4.38. The number of rotatable bonds is 6. The van der Waals surface area contributed by atoms with Crippen LogP contribution >= 0.6 is 11.6 Å². The third-order valence-electron chi connectivity index (χ3n) is 4.41. The van der Waals surface area contributed by atoms with Crippen molar-refractivity contribution in [2.45, 2.75) is 32.9 Å². The van der Waals surface area contributed by atoms with Crippen LogP contribution in [0.2, 0.25) is 5.02 Å². The molecule has 138 valence electrons. The fourth-order valence-corrected chi connectivity index (χ4v) is 3.21. The largest absolute Gasteiger partial charge is 0.357 e. The molecule has 1 fully saturated rings. The van der Waals surface area contributed by atoms with Gasteiger partial charge >= 0.3 is 0 Å².